The van der Waals surface area contributed by atoms with Gasteiger partial charge in [-0.2, -0.15) is 0 Å². The van der Waals surface area contributed by atoms with Crippen LogP contribution >= 0.6 is 11.3 Å². The molecule has 92 valence electrons. The number of thiazole rings is 1. The summed E-state index contributed by atoms with van der Waals surface area (Å²) in [6, 6.07) is 8.09. The highest BCUT2D eigenvalue weighted by molar-refractivity contribution is 7.11. The highest BCUT2D eigenvalue weighted by Crippen LogP contribution is 2.24. The van der Waals surface area contributed by atoms with Gasteiger partial charge in [-0.25, -0.2) is 4.98 Å². The van der Waals surface area contributed by atoms with Gasteiger partial charge in [0.25, 0.3) is 0 Å². The van der Waals surface area contributed by atoms with Crippen molar-refractivity contribution < 1.29 is 0 Å². The van der Waals surface area contributed by atoms with Gasteiger partial charge in [0.05, 0.1) is 17.8 Å². The van der Waals surface area contributed by atoms with Crippen molar-refractivity contribution >= 4 is 27.9 Å². The van der Waals surface area contributed by atoms with E-state index in [-0.39, 0.29) is 0 Å². The number of aryl methyl sites for hydroxylation is 2. The van der Waals surface area contributed by atoms with Crippen molar-refractivity contribution in [1.29, 1.82) is 0 Å². The van der Waals surface area contributed by atoms with Crippen molar-refractivity contribution in [3.63, 3.8) is 0 Å². The van der Waals surface area contributed by atoms with Gasteiger partial charge < -0.3 is 10.3 Å². The number of benzene rings is 1. The minimum absolute atomic E-state index is 0.812. The first-order chi connectivity index (χ1) is 8.65. The third kappa shape index (κ3) is 1.78. The zero-order valence-electron chi connectivity index (χ0n) is 10.5. The molecular weight excluding hydrogens is 242 g/mol. The fourth-order valence-corrected chi connectivity index (χ4v) is 3.07. The van der Waals surface area contributed by atoms with Crippen molar-refractivity contribution in [2.24, 2.45) is 0 Å². The van der Waals surface area contributed by atoms with E-state index in [0.29, 0.717) is 0 Å². The van der Waals surface area contributed by atoms with Crippen LogP contribution in [0.1, 0.15) is 15.6 Å². The van der Waals surface area contributed by atoms with E-state index in [1.165, 1.54) is 10.4 Å². The Bertz CT molecular complexity index is 689. The first-order valence-corrected chi connectivity index (χ1v) is 6.73. The van der Waals surface area contributed by atoms with Crippen molar-refractivity contribution in [3.05, 3.63) is 46.0 Å². The Morgan fingerprint density at radius 3 is 2.83 bits per heavy atom. The second-order valence-corrected chi connectivity index (χ2v) is 5.76. The third-order valence-electron chi connectivity index (χ3n) is 3.23. The normalized spacial score (nSPS) is 11.2. The number of hydrogen-bond acceptors (Lipinski definition) is 3. The molecular formula is C14H15N3S. The molecule has 2 aromatic heterocycles. The minimum Gasteiger partial charge on any atom is -0.398 e. The Hall–Kier alpha value is -1.81. The maximum atomic E-state index is 5.96. The predicted octanol–water partition coefficient (Wildman–Crippen LogP) is 3.35. The van der Waals surface area contributed by atoms with Crippen LogP contribution in [0, 0.1) is 13.8 Å². The van der Waals surface area contributed by atoms with Crippen molar-refractivity contribution in [3.8, 4) is 0 Å². The number of anilines is 1. The van der Waals surface area contributed by atoms with E-state index in [1.54, 1.807) is 11.3 Å². The molecule has 0 amide bonds. The molecule has 3 nitrogen and oxygen atoms in total. The smallest absolute Gasteiger partial charge is 0.113 e. The van der Waals surface area contributed by atoms with Crippen LogP contribution in [-0.4, -0.2) is 9.55 Å². The van der Waals surface area contributed by atoms with Crippen molar-refractivity contribution in [2.45, 2.75) is 20.4 Å². The summed E-state index contributed by atoms with van der Waals surface area (Å²) in [6.07, 6.45) is 2.08. The van der Waals surface area contributed by atoms with Gasteiger partial charge in [-0.3, -0.25) is 0 Å². The number of rotatable bonds is 2. The van der Waals surface area contributed by atoms with Crippen LogP contribution in [0.3, 0.4) is 0 Å². The van der Waals surface area contributed by atoms with Crippen molar-refractivity contribution in [1.82, 2.24) is 9.55 Å². The zero-order chi connectivity index (χ0) is 12.7. The molecule has 0 saturated carbocycles. The highest BCUT2D eigenvalue weighted by atomic mass is 32.1. The highest BCUT2D eigenvalue weighted by Gasteiger charge is 2.07. The first kappa shape index (κ1) is 11.3. The van der Waals surface area contributed by atoms with Crippen LogP contribution in [0.25, 0.3) is 10.9 Å². The van der Waals surface area contributed by atoms with Gasteiger partial charge >= 0.3 is 0 Å². The van der Waals surface area contributed by atoms with Crippen molar-refractivity contribution in [2.75, 3.05) is 5.73 Å². The quantitative estimate of drug-likeness (QED) is 0.715. The Labute approximate surface area is 110 Å². The van der Waals surface area contributed by atoms with E-state index in [9.17, 15) is 0 Å². The molecule has 0 aliphatic carbocycles. The molecule has 0 saturated heterocycles. The minimum atomic E-state index is 0.812. The molecule has 0 radical (unpaired) electrons. The van der Waals surface area contributed by atoms with E-state index in [2.05, 4.69) is 41.7 Å². The molecule has 0 fully saturated rings. The summed E-state index contributed by atoms with van der Waals surface area (Å²) in [5.41, 5.74) is 9.09. The molecule has 0 bridgehead atoms. The van der Waals surface area contributed by atoms with E-state index >= 15 is 0 Å². The van der Waals surface area contributed by atoms with E-state index < -0.39 is 0 Å². The van der Waals surface area contributed by atoms with Gasteiger partial charge in [-0.1, -0.05) is 6.07 Å². The lowest BCUT2D eigenvalue weighted by atomic mass is 10.2. The average Bonchev–Trinajstić information content (AvgIpc) is 2.86. The number of aromatic nitrogens is 2. The number of nitrogen functional groups attached to an aromatic ring is 1. The number of hydrogen-bond donors (Lipinski definition) is 1. The number of nitrogens with two attached hydrogens (primary N) is 1. The Morgan fingerprint density at radius 2 is 2.11 bits per heavy atom. The maximum absolute atomic E-state index is 5.96. The first-order valence-electron chi connectivity index (χ1n) is 5.91. The lowest BCUT2D eigenvalue weighted by Gasteiger charge is -2.03. The van der Waals surface area contributed by atoms with Gasteiger partial charge in [-0.15, -0.1) is 11.3 Å². The van der Waals surface area contributed by atoms with E-state index in [4.69, 9.17) is 5.73 Å². The van der Waals surface area contributed by atoms with Crippen LogP contribution in [0.15, 0.2) is 30.5 Å². The van der Waals surface area contributed by atoms with Crippen LogP contribution in [0.5, 0.6) is 0 Å². The van der Waals surface area contributed by atoms with E-state index in [1.807, 2.05) is 12.1 Å². The number of fused-ring (bicyclic) bond motifs is 1. The summed E-state index contributed by atoms with van der Waals surface area (Å²) in [7, 11) is 0. The van der Waals surface area contributed by atoms with Gasteiger partial charge in [-0.05, 0) is 32.0 Å². The monoisotopic (exact) mass is 257 g/mol. The Morgan fingerprint density at radius 1 is 1.28 bits per heavy atom. The molecule has 1 aromatic carbocycles. The average molecular weight is 257 g/mol. The molecule has 0 spiro atoms. The third-order valence-corrected chi connectivity index (χ3v) is 4.28. The Kier molecular flexibility index (Phi) is 2.59. The van der Waals surface area contributed by atoms with E-state index in [0.717, 1.165) is 28.3 Å². The molecule has 2 heterocycles. The van der Waals surface area contributed by atoms with Gasteiger partial charge in [0.15, 0.2) is 0 Å². The molecule has 3 rings (SSSR count). The largest absolute Gasteiger partial charge is 0.398 e. The molecule has 4 heteroatoms. The fraction of sp³-hybridized carbons (Fsp3) is 0.214. The fourth-order valence-electron chi connectivity index (χ4n) is 2.14. The summed E-state index contributed by atoms with van der Waals surface area (Å²) in [5, 5.41) is 2.26. The zero-order valence-corrected chi connectivity index (χ0v) is 11.3. The topological polar surface area (TPSA) is 43.8 Å². The lowest BCUT2D eigenvalue weighted by Crippen LogP contribution is -1.97. The molecule has 18 heavy (non-hydrogen) atoms. The molecule has 0 unspecified atom stereocenters. The lowest BCUT2D eigenvalue weighted by molar-refractivity contribution is 0.824. The maximum Gasteiger partial charge on any atom is 0.113 e. The molecule has 2 N–H and O–H groups in total. The summed E-state index contributed by atoms with van der Waals surface area (Å²) < 4.78 is 2.20. The number of nitrogens with zero attached hydrogens (tertiary/aromatic N) is 2. The molecule has 0 atom stereocenters. The van der Waals surface area contributed by atoms with Crippen LogP contribution < -0.4 is 5.73 Å². The van der Waals surface area contributed by atoms with Gasteiger partial charge in [0, 0.05) is 22.1 Å². The summed E-state index contributed by atoms with van der Waals surface area (Å²) in [5.74, 6) is 0. The molecule has 0 aliphatic heterocycles. The molecule has 0 aliphatic rings. The second kappa shape index (κ2) is 4.14. The molecule has 3 aromatic rings. The van der Waals surface area contributed by atoms with Crippen LogP contribution in [-0.2, 0) is 6.54 Å². The summed E-state index contributed by atoms with van der Waals surface area (Å²) >= 11 is 1.76. The summed E-state index contributed by atoms with van der Waals surface area (Å²) in [4.78, 5) is 5.87. The van der Waals surface area contributed by atoms with Crippen LogP contribution in [0.2, 0.25) is 0 Å². The Balaban J connectivity index is 2.02. The predicted molar refractivity (Wildman–Crippen MR) is 77.0 cm³/mol. The van der Waals surface area contributed by atoms with Crippen LogP contribution in [0.4, 0.5) is 5.69 Å². The second-order valence-electron chi connectivity index (χ2n) is 4.47. The standard InChI is InChI=1S/C14H15N3S/c1-9-10(2)18-14(16-9)8-17-7-6-11-12(15)4-3-5-13(11)17/h3-7H,8,15H2,1-2H3. The summed E-state index contributed by atoms with van der Waals surface area (Å²) in [6.45, 7) is 4.98. The van der Waals surface area contributed by atoms with Gasteiger partial charge in [0.1, 0.15) is 5.01 Å². The van der Waals surface area contributed by atoms with Gasteiger partial charge in [0.2, 0.25) is 0 Å². The SMILES string of the molecule is Cc1nc(Cn2ccc3c(N)cccc32)sc1C.